The van der Waals surface area contributed by atoms with Crippen LogP contribution in [0.5, 0.6) is 0 Å². The molecule has 0 saturated heterocycles. The number of primary amides is 1. The molecule has 0 aliphatic heterocycles. The summed E-state index contributed by atoms with van der Waals surface area (Å²) >= 11 is 7.17. The van der Waals surface area contributed by atoms with Gasteiger partial charge in [0.15, 0.2) is 5.01 Å². The fraction of sp³-hybridized carbons (Fsp3) is 0.188. The molecule has 0 aliphatic rings. The Hall–Kier alpha value is -2.38. The maximum atomic E-state index is 12.6. The predicted octanol–water partition coefficient (Wildman–Crippen LogP) is 2.88. The number of carbonyl (C=O) groups is 2. The number of hydrogen-bond acceptors (Lipinski definition) is 4. The summed E-state index contributed by atoms with van der Waals surface area (Å²) < 4.78 is 1.79. The van der Waals surface area contributed by atoms with Crippen molar-refractivity contribution >= 4 is 45.7 Å². The number of benzene rings is 1. The van der Waals surface area contributed by atoms with Crippen LogP contribution in [0.3, 0.4) is 0 Å². The third-order valence-corrected chi connectivity index (χ3v) is 4.87. The van der Waals surface area contributed by atoms with Crippen LogP contribution in [-0.4, -0.2) is 21.4 Å². The van der Waals surface area contributed by atoms with E-state index in [0.29, 0.717) is 16.4 Å². The highest BCUT2D eigenvalue weighted by molar-refractivity contribution is 7.11. The van der Waals surface area contributed by atoms with E-state index in [1.54, 1.807) is 22.9 Å². The van der Waals surface area contributed by atoms with E-state index >= 15 is 0 Å². The highest BCUT2D eigenvalue weighted by Gasteiger charge is 2.18. The van der Waals surface area contributed by atoms with E-state index in [9.17, 15) is 9.59 Å². The van der Waals surface area contributed by atoms with Crippen LogP contribution in [0.4, 0.5) is 0 Å². The van der Waals surface area contributed by atoms with Gasteiger partial charge in [-0.1, -0.05) is 17.7 Å². The van der Waals surface area contributed by atoms with E-state index in [4.69, 9.17) is 17.3 Å². The molecule has 3 aromatic rings. The second-order valence-corrected chi connectivity index (χ2v) is 6.72. The number of aromatic nitrogens is 2. The number of fused-ring (bicyclic) bond motifs is 1. The normalized spacial score (nSPS) is 12.3. The van der Waals surface area contributed by atoms with Crippen LogP contribution >= 0.6 is 22.9 Å². The fourth-order valence-corrected chi connectivity index (χ4v) is 3.39. The highest BCUT2D eigenvalue weighted by atomic mass is 35.5. The molecular weight excluding hydrogens is 348 g/mol. The molecule has 0 saturated carbocycles. The van der Waals surface area contributed by atoms with Crippen molar-refractivity contribution in [2.45, 2.75) is 13.0 Å². The smallest absolute Gasteiger partial charge is 0.277 e. The highest BCUT2D eigenvalue weighted by Crippen LogP contribution is 2.23. The number of halogens is 1. The topological polar surface area (TPSA) is 90.0 Å². The first kappa shape index (κ1) is 16.5. The molecule has 0 spiro atoms. The van der Waals surface area contributed by atoms with Crippen LogP contribution in [0.1, 0.15) is 39.0 Å². The Balaban J connectivity index is 1.84. The lowest BCUT2D eigenvalue weighted by molar-refractivity contribution is 0.0931. The summed E-state index contributed by atoms with van der Waals surface area (Å²) in [6, 6.07) is 6.94. The second kappa shape index (κ2) is 6.26. The van der Waals surface area contributed by atoms with Gasteiger partial charge in [-0.3, -0.25) is 9.59 Å². The Morgan fingerprint density at radius 2 is 2.12 bits per heavy atom. The quantitative estimate of drug-likeness (QED) is 0.747. The van der Waals surface area contributed by atoms with Crippen LogP contribution in [0.2, 0.25) is 5.02 Å². The van der Waals surface area contributed by atoms with E-state index < -0.39 is 5.91 Å². The fourth-order valence-electron chi connectivity index (χ4n) is 2.46. The number of hydrogen-bond donors (Lipinski definition) is 2. The summed E-state index contributed by atoms with van der Waals surface area (Å²) in [5.41, 5.74) is 7.20. The second-order valence-electron chi connectivity index (χ2n) is 5.43. The minimum absolute atomic E-state index is 0.227. The molecule has 0 bridgehead atoms. The Labute approximate surface area is 147 Å². The average molecular weight is 363 g/mol. The molecule has 8 heteroatoms. The van der Waals surface area contributed by atoms with Crippen molar-refractivity contribution < 1.29 is 9.59 Å². The number of aryl methyl sites for hydroxylation is 1. The molecule has 0 aliphatic carbocycles. The van der Waals surface area contributed by atoms with Crippen molar-refractivity contribution in [1.29, 1.82) is 0 Å². The largest absolute Gasteiger partial charge is 0.364 e. The van der Waals surface area contributed by atoms with Crippen molar-refractivity contribution in [2.24, 2.45) is 12.8 Å². The summed E-state index contributed by atoms with van der Waals surface area (Å²) in [6.07, 6.45) is 0. The van der Waals surface area contributed by atoms with Crippen molar-refractivity contribution in [3.05, 3.63) is 51.1 Å². The van der Waals surface area contributed by atoms with Gasteiger partial charge in [-0.15, -0.1) is 11.3 Å². The third kappa shape index (κ3) is 3.00. The van der Waals surface area contributed by atoms with Gasteiger partial charge in [0.25, 0.3) is 11.8 Å². The van der Waals surface area contributed by atoms with Gasteiger partial charge in [0.2, 0.25) is 0 Å². The van der Waals surface area contributed by atoms with E-state index in [1.807, 2.05) is 25.2 Å². The minimum atomic E-state index is -0.574. The van der Waals surface area contributed by atoms with Crippen molar-refractivity contribution in [3.8, 4) is 0 Å². The van der Waals surface area contributed by atoms with Gasteiger partial charge in [-0.25, -0.2) is 4.98 Å². The molecule has 1 aromatic carbocycles. The summed E-state index contributed by atoms with van der Waals surface area (Å²) in [5.74, 6) is -0.804. The number of carbonyl (C=O) groups excluding carboxylic acids is 2. The zero-order valence-electron chi connectivity index (χ0n) is 13.0. The lowest BCUT2D eigenvalue weighted by Gasteiger charge is -2.12. The summed E-state index contributed by atoms with van der Waals surface area (Å²) in [6.45, 7) is 1.80. The first-order valence-corrected chi connectivity index (χ1v) is 8.43. The zero-order chi connectivity index (χ0) is 17.4. The summed E-state index contributed by atoms with van der Waals surface area (Å²) in [4.78, 5) is 27.8. The molecule has 3 rings (SSSR count). The molecule has 1 atom stereocenters. The van der Waals surface area contributed by atoms with E-state index in [2.05, 4.69) is 10.3 Å². The SMILES string of the molecule is CC(NC(=O)c1cc2ccc(Cl)cc2n1C)c1csc(C(N)=O)n1. The van der Waals surface area contributed by atoms with Crippen LogP contribution < -0.4 is 11.1 Å². The zero-order valence-corrected chi connectivity index (χ0v) is 14.6. The predicted molar refractivity (Wildman–Crippen MR) is 94.4 cm³/mol. The molecule has 124 valence electrons. The molecule has 1 unspecified atom stereocenters. The Morgan fingerprint density at radius 1 is 1.38 bits per heavy atom. The molecule has 0 radical (unpaired) electrons. The first-order valence-electron chi connectivity index (χ1n) is 7.18. The number of nitrogens with one attached hydrogen (secondary N) is 1. The van der Waals surface area contributed by atoms with Crippen LogP contribution in [0, 0.1) is 0 Å². The summed E-state index contributed by atoms with van der Waals surface area (Å²) in [5, 5.41) is 6.37. The number of nitrogens with two attached hydrogens (primary N) is 1. The van der Waals surface area contributed by atoms with Gasteiger partial charge in [0, 0.05) is 28.4 Å². The number of nitrogens with zero attached hydrogens (tertiary/aromatic N) is 2. The molecule has 2 aromatic heterocycles. The minimum Gasteiger partial charge on any atom is -0.364 e. The van der Waals surface area contributed by atoms with Gasteiger partial charge in [-0.2, -0.15) is 0 Å². The Kier molecular flexibility index (Phi) is 4.29. The number of rotatable bonds is 4. The van der Waals surface area contributed by atoms with Gasteiger partial charge in [0.05, 0.1) is 11.7 Å². The molecule has 2 heterocycles. The van der Waals surface area contributed by atoms with Gasteiger partial charge < -0.3 is 15.6 Å². The van der Waals surface area contributed by atoms with Gasteiger partial charge in [0.1, 0.15) is 5.69 Å². The lowest BCUT2D eigenvalue weighted by atomic mass is 10.2. The Morgan fingerprint density at radius 3 is 2.79 bits per heavy atom. The molecule has 3 N–H and O–H groups in total. The summed E-state index contributed by atoms with van der Waals surface area (Å²) in [7, 11) is 1.81. The van der Waals surface area contributed by atoms with Crippen molar-refractivity contribution in [3.63, 3.8) is 0 Å². The van der Waals surface area contributed by atoms with E-state index in [0.717, 1.165) is 22.2 Å². The van der Waals surface area contributed by atoms with Gasteiger partial charge >= 0.3 is 0 Å². The number of thiazole rings is 1. The van der Waals surface area contributed by atoms with Crippen LogP contribution in [0.25, 0.3) is 10.9 Å². The van der Waals surface area contributed by atoms with Crippen molar-refractivity contribution in [2.75, 3.05) is 0 Å². The van der Waals surface area contributed by atoms with Gasteiger partial charge in [-0.05, 0) is 25.1 Å². The van der Waals surface area contributed by atoms with E-state index in [1.165, 1.54) is 0 Å². The lowest BCUT2D eigenvalue weighted by Crippen LogP contribution is -2.28. The standard InChI is InChI=1S/C16H15ClN4O2S/c1-8(11-7-24-16(20-11)14(18)22)19-15(23)13-5-9-3-4-10(17)6-12(9)21(13)2/h3-8H,1-2H3,(H2,18,22)(H,19,23). The maximum absolute atomic E-state index is 12.6. The monoisotopic (exact) mass is 362 g/mol. The molecular formula is C16H15ClN4O2S. The third-order valence-electron chi connectivity index (χ3n) is 3.76. The maximum Gasteiger partial charge on any atom is 0.277 e. The van der Waals surface area contributed by atoms with Crippen LogP contribution in [-0.2, 0) is 7.05 Å². The average Bonchev–Trinajstić information content (AvgIpc) is 3.13. The molecule has 0 fully saturated rings. The van der Waals surface area contributed by atoms with Crippen molar-refractivity contribution in [1.82, 2.24) is 14.9 Å². The Bertz CT molecular complexity index is 947. The van der Waals surface area contributed by atoms with Crippen LogP contribution in [0.15, 0.2) is 29.6 Å². The van der Waals surface area contributed by atoms with E-state index in [-0.39, 0.29) is 17.0 Å². The molecule has 24 heavy (non-hydrogen) atoms. The first-order chi connectivity index (χ1) is 11.4. The molecule has 6 nitrogen and oxygen atoms in total. The molecule has 2 amide bonds. The number of amides is 2.